The molecule has 0 aromatic heterocycles. The fraction of sp³-hybridized carbons (Fsp3) is 0.500. The minimum absolute atomic E-state index is 0.235. The van der Waals surface area contributed by atoms with Crippen LogP contribution >= 0.6 is 0 Å². The molecule has 0 bridgehead atoms. The van der Waals surface area contributed by atoms with Gasteiger partial charge in [0.1, 0.15) is 17.2 Å². The zero-order valence-electron chi connectivity index (χ0n) is 12.7. The quantitative estimate of drug-likeness (QED) is 0.610. The topological polar surface area (TPSA) is 78.1 Å². The van der Waals surface area contributed by atoms with Crippen LogP contribution in [-0.4, -0.2) is 33.3 Å². The molecule has 0 amide bonds. The number of hydrogen-bond donors (Lipinski definition) is 2. The van der Waals surface area contributed by atoms with E-state index in [0.29, 0.717) is 29.8 Å². The van der Waals surface area contributed by atoms with Crippen LogP contribution in [0, 0.1) is 0 Å². The van der Waals surface area contributed by atoms with Gasteiger partial charge in [-0.25, -0.2) is 4.99 Å². The molecular formula is C14H23N3O3. The summed E-state index contributed by atoms with van der Waals surface area (Å²) in [5, 5.41) is 3.03. The predicted octanol–water partition coefficient (Wildman–Crippen LogP) is 1.53. The molecule has 0 saturated heterocycles. The van der Waals surface area contributed by atoms with Gasteiger partial charge in [0.15, 0.2) is 5.96 Å². The smallest absolute Gasteiger partial charge is 0.189 e. The van der Waals surface area contributed by atoms with Gasteiger partial charge in [-0.15, -0.1) is 0 Å². The van der Waals surface area contributed by atoms with Crippen LogP contribution in [-0.2, 0) is 6.54 Å². The number of benzene rings is 1. The summed E-state index contributed by atoms with van der Waals surface area (Å²) in [4.78, 5) is 4.29. The number of guanidine groups is 1. The van der Waals surface area contributed by atoms with Crippen molar-refractivity contribution >= 4 is 5.96 Å². The van der Waals surface area contributed by atoms with E-state index in [9.17, 15) is 0 Å². The van der Waals surface area contributed by atoms with E-state index < -0.39 is 0 Å². The summed E-state index contributed by atoms with van der Waals surface area (Å²) < 4.78 is 15.9. The van der Waals surface area contributed by atoms with Crippen LogP contribution in [0.15, 0.2) is 17.1 Å². The van der Waals surface area contributed by atoms with Crippen molar-refractivity contribution < 1.29 is 14.2 Å². The minimum Gasteiger partial charge on any atom is -0.496 e. The molecule has 0 unspecified atom stereocenters. The number of nitrogens with zero attached hydrogens (tertiary/aromatic N) is 1. The Balaban J connectivity index is 3.03. The molecule has 6 heteroatoms. The van der Waals surface area contributed by atoms with Crippen molar-refractivity contribution in [1.82, 2.24) is 5.32 Å². The third kappa shape index (κ3) is 4.22. The maximum absolute atomic E-state index is 5.79. The van der Waals surface area contributed by atoms with Crippen molar-refractivity contribution in [2.45, 2.75) is 26.4 Å². The molecule has 6 nitrogen and oxygen atoms in total. The highest BCUT2D eigenvalue weighted by Crippen LogP contribution is 2.34. The monoisotopic (exact) mass is 281 g/mol. The standard InChI is InChI=1S/C14H23N3O3/c1-9(2)17-14(15)16-8-11-12(19-4)6-10(18-3)7-13(11)20-5/h6-7,9H,8H2,1-5H3,(H3,15,16,17). The number of methoxy groups -OCH3 is 3. The molecule has 0 saturated carbocycles. The predicted molar refractivity (Wildman–Crippen MR) is 79.7 cm³/mol. The SMILES string of the molecule is COc1cc(OC)c(CN=C(N)NC(C)C)c(OC)c1. The van der Waals surface area contributed by atoms with Crippen LogP contribution in [0.4, 0.5) is 0 Å². The number of nitrogens with two attached hydrogens (primary N) is 1. The van der Waals surface area contributed by atoms with E-state index in [0.717, 1.165) is 5.56 Å². The van der Waals surface area contributed by atoms with E-state index in [-0.39, 0.29) is 6.04 Å². The Hall–Kier alpha value is -2.11. The van der Waals surface area contributed by atoms with E-state index in [1.165, 1.54) is 0 Å². The third-order valence-corrected chi connectivity index (χ3v) is 2.66. The number of hydrogen-bond acceptors (Lipinski definition) is 4. The number of rotatable bonds is 6. The van der Waals surface area contributed by atoms with E-state index in [4.69, 9.17) is 19.9 Å². The van der Waals surface area contributed by atoms with Crippen molar-refractivity contribution in [3.8, 4) is 17.2 Å². The molecule has 0 heterocycles. The lowest BCUT2D eigenvalue weighted by Gasteiger charge is -2.14. The van der Waals surface area contributed by atoms with Crippen molar-refractivity contribution in [3.63, 3.8) is 0 Å². The van der Waals surface area contributed by atoms with E-state index in [2.05, 4.69) is 10.3 Å². The van der Waals surface area contributed by atoms with Gasteiger partial charge in [0.25, 0.3) is 0 Å². The summed E-state index contributed by atoms with van der Waals surface area (Å²) in [5.41, 5.74) is 6.62. The fourth-order valence-corrected chi connectivity index (χ4v) is 1.74. The lowest BCUT2D eigenvalue weighted by atomic mass is 10.1. The largest absolute Gasteiger partial charge is 0.496 e. The van der Waals surface area contributed by atoms with Gasteiger partial charge in [-0.1, -0.05) is 0 Å². The Morgan fingerprint density at radius 2 is 1.70 bits per heavy atom. The zero-order valence-corrected chi connectivity index (χ0v) is 12.7. The molecule has 0 aliphatic rings. The minimum atomic E-state index is 0.235. The molecule has 1 aromatic rings. The van der Waals surface area contributed by atoms with Crippen LogP contribution in [0.25, 0.3) is 0 Å². The summed E-state index contributed by atoms with van der Waals surface area (Å²) in [5.74, 6) is 2.37. The molecule has 112 valence electrons. The van der Waals surface area contributed by atoms with Gasteiger partial charge < -0.3 is 25.3 Å². The Morgan fingerprint density at radius 3 is 2.10 bits per heavy atom. The van der Waals surface area contributed by atoms with Gasteiger partial charge in [0.05, 0.1) is 33.4 Å². The van der Waals surface area contributed by atoms with Crippen molar-refractivity contribution in [2.75, 3.05) is 21.3 Å². The first-order valence-corrected chi connectivity index (χ1v) is 6.37. The van der Waals surface area contributed by atoms with Crippen LogP contribution < -0.4 is 25.3 Å². The lowest BCUT2D eigenvalue weighted by molar-refractivity contribution is 0.369. The van der Waals surface area contributed by atoms with Gasteiger partial charge in [-0.3, -0.25) is 0 Å². The first-order valence-electron chi connectivity index (χ1n) is 6.37. The summed E-state index contributed by atoms with van der Waals surface area (Å²) in [6.07, 6.45) is 0. The number of nitrogens with one attached hydrogen (secondary N) is 1. The second kappa shape index (κ2) is 7.47. The molecule has 0 fully saturated rings. The van der Waals surface area contributed by atoms with E-state index >= 15 is 0 Å². The zero-order chi connectivity index (χ0) is 15.1. The highest BCUT2D eigenvalue weighted by atomic mass is 16.5. The fourth-order valence-electron chi connectivity index (χ4n) is 1.74. The van der Waals surface area contributed by atoms with Crippen molar-refractivity contribution in [2.24, 2.45) is 10.7 Å². The first kappa shape index (κ1) is 15.9. The number of ether oxygens (including phenoxy) is 3. The Kier molecular flexibility index (Phi) is 5.96. The normalized spacial score (nSPS) is 11.4. The second-order valence-corrected chi connectivity index (χ2v) is 4.51. The van der Waals surface area contributed by atoms with E-state index in [1.54, 1.807) is 33.5 Å². The molecule has 20 heavy (non-hydrogen) atoms. The van der Waals surface area contributed by atoms with E-state index in [1.807, 2.05) is 13.8 Å². The maximum atomic E-state index is 5.79. The van der Waals surface area contributed by atoms with Gasteiger partial charge in [0, 0.05) is 18.2 Å². The summed E-state index contributed by atoms with van der Waals surface area (Å²) in [6, 6.07) is 3.82. The van der Waals surface area contributed by atoms with Crippen LogP contribution in [0.5, 0.6) is 17.2 Å². The van der Waals surface area contributed by atoms with Gasteiger partial charge >= 0.3 is 0 Å². The molecule has 0 aliphatic carbocycles. The molecule has 0 aliphatic heterocycles. The molecular weight excluding hydrogens is 258 g/mol. The summed E-state index contributed by atoms with van der Waals surface area (Å²) >= 11 is 0. The van der Waals surface area contributed by atoms with Gasteiger partial charge in [0.2, 0.25) is 0 Å². The first-order chi connectivity index (χ1) is 9.51. The molecule has 0 spiro atoms. The van der Waals surface area contributed by atoms with Crippen LogP contribution in [0.3, 0.4) is 0 Å². The molecule has 1 aromatic carbocycles. The van der Waals surface area contributed by atoms with Crippen LogP contribution in [0.1, 0.15) is 19.4 Å². The molecule has 0 radical (unpaired) electrons. The Bertz CT molecular complexity index is 448. The highest BCUT2D eigenvalue weighted by Gasteiger charge is 2.13. The summed E-state index contributed by atoms with van der Waals surface area (Å²) in [7, 11) is 4.78. The average molecular weight is 281 g/mol. The second-order valence-electron chi connectivity index (χ2n) is 4.51. The lowest BCUT2D eigenvalue weighted by Crippen LogP contribution is -2.36. The van der Waals surface area contributed by atoms with Gasteiger partial charge in [-0.05, 0) is 13.8 Å². The summed E-state index contributed by atoms with van der Waals surface area (Å²) in [6.45, 7) is 4.36. The highest BCUT2D eigenvalue weighted by molar-refractivity contribution is 5.78. The van der Waals surface area contributed by atoms with Crippen molar-refractivity contribution in [3.05, 3.63) is 17.7 Å². The Labute approximate surface area is 119 Å². The van der Waals surface area contributed by atoms with Crippen molar-refractivity contribution in [1.29, 1.82) is 0 Å². The third-order valence-electron chi connectivity index (χ3n) is 2.66. The molecule has 1 rings (SSSR count). The van der Waals surface area contributed by atoms with Gasteiger partial charge in [-0.2, -0.15) is 0 Å². The van der Waals surface area contributed by atoms with Crippen LogP contribution in [0.2, 0.25) is 0 Å². The number of aliphatic imine (C=N–C) groups is 1. The molecule has 0 atom stereocenters. The maximum Gasteiger partial charge on any atom is 0.189 e. The Morgan fingerprint density at radius 1 is 1.15 bits per heavy atom. The molecule has 3 N–H and O–H groups in total. The average Bonchev–Trinajstić information content (AvgIpc) is 2.43.